The van der Waals surface area contributed by atoms with Crippen LogP contribution in [0.3, 0.4) is 0 Å². The quantitative estimate of drug-likeness (QED) is 0.401. The fourth-order valence-electron chi connectivity index (χ4n) is 3.85. The summed E-state index contributed by atoms with van der Waals surface area (Å²) in [6.07, 6.45) is 14.0. The van der Waals surface area contributed by atoms with E-state index in [4.69, 9.17) is 0 Å². The van der Waals surface area contributed by atoms with E-state index in [2.05, 4.69) is 35.7 Å². The number of rotatable bonds is 11. The van der Waals surface area contributed by atoms with Crippen LogP contribution in [0, 0.1) is 11.8 Å². The maximum Gasteiger partial charge on any atom is 0.219 e. The van der Waals surface area contributed by atoms with E-state index in [1.165, 1.54) is 5.56 Å². The Morgan fingerprint density at radius 3 is 2.79 bits per heavy atom. The van der Waals surface area contributed by atoms with Gasteiger partial charge in [-0.1, -0.05) is 54.6 Å². The highest BCUT2D eigenvalue weighted by atomic mass is 16.3. The number of hydrogen-bond donors (Lipinski definition) is 3. The van der Waals surface area contributed by atoms with Crippen molar-refractivity contribution in [3.8, 4) is 0 Å². The van der Waals surface area contributed by atoms with Crippen molar-refractivity contribution in [3.05, 3.63) is 60.2 Å². The smallest absolute Gasteiger partial charge is 0.219 e. The molecule has 1 aromatic rings. The highest BCUT2D eigenvalue weighted by Crippen LogP contribution is 2.36. The van der Waals surface area contributed by atoms with E-state index in [-0.39, 0.29) is 17.9 Å². The van der Waals surface area contributed by atoms with Crippen molar-refractivity contribution in [1.82, 2.24) is 5.32 Å². The summed E-state index contributed by atoms with van der Waals surface area (Å²) in [7, 11) is 1.66. The monoisotopic (exact) mass is 385 g/mol. The van der Waals surface area contributed by atoms with E-state index in [1.54, 1.807) is 7.05 Å². The Hall–Kier alpha value is -1.91. The molecule has 4 heteroatoms. The van der Waals surface area contributed by atoms with Crippen LogP contribution >= 0.6 is 0 Å². The van der Waals surface area contributed by atoms with Crippen LogP contribution in [0.2, 0.25) is 0 Å². The van der Waals surface area contributed by atoms with Crippen molar-refractivity contribution in [2.75, 3.05) is 7.05 Å². The Balaban J connectivity index is 1.73. The van der Waals surface area contributed by atoms with Crippen molar-refractivity contribution in [3.63, 3.8) is 0 Å². The first-order valence-corrected chi connectivity index (χ1v) is 10.5. The third-order valence-corrected chi connectivity index (χ3v) is 5.62. The number of unbranched alkanes of at least 4 members (excludes halogenated alkanes) is 1. The zero-order valence-electron chi connectivity index (χ0n) is 17.0. The van der Waals surface area contributed by atoms with Crippen LogP contribution in [0.5, 0.6) is 0 Å². The predicted molar refractivity (Wildman–Crippen MR) is 114 cm³/mol. The molecule has 0 aromatic heterocycles. The van der Waals surface area contributed by atoms with Crippen LogP contribution in [-0.2, 0) is 11.2 Å². The van der Waals surface area contributed by atoms with Gasteiger partial charge < -0.3 is 15.5 Å². The van der Waals surface area contributed by atoms with Gasteiger partial charge in [-0.15, -0.1) is 0 Å². The molecule has 0 bridgehead atoms. The lowest BCUT2D eigenvalue weighted by Crippen LogP contribution is -2.18. The van der Waals surface area contributed by atoms with E-state index in [0.717, 1.165) is 38.5 Å². The minimum atomic E-state index is -0.446. The molecule has 1 fully saturated rings. The summed E-state index contributed by atoms with van der Waals surface area (Å²) >= 11 is 0. The second kappa shape index (κ2) is 12.5. The Morgan fingerprint density at radius 1 is 1.25 bits per heavy atom. The summed E-state index contributed by atoms with van der Waals surface area (Å²) in [6.45, 7) is 0. The summed E-state index contributed by atoms with van der Waals surface area (Å²) < 4.78 is 0. The number of benzene rings is 1. The molecule has 0 spiro atoms. The average Bonchev–Trinajstić information content (AvgIpc) is 3.07. The first-order valence-electron chi connectivity index (χ1n) is 10.5. The van der Waals surface area contributed by atoms with Gasteiger partial charge >= 0.3 is 0 Å². The summed E-state index contributed by atoms with van der Waals surface area (Å²) in [5, 5.41) is 23.2. The van der Waals surface area contributed by atoms with Crippen molar-refractivity contribution in [2.45, 2.75) is 63.6 Å². The average molecular weight is 386 g/mol. The van der Waals surface area contributed by atoms with Crippen LogP contribution in [0.1, 0.15) is 50.5 Å². The van der Waals surface area contributed by atoms with Crippen molar-refractivity contribution >= 4 is 5.91 Å². The second-order valence-corrected chi connectivity index (χ2v) is 7.72. The van der Waals surface area contributed by atoms with Gasteiger partial charge in [-0.05, 0) is 62.3 Å². The molecule has 0 heterocycles. The Kier molecular flexibility index (Phi) is 10.0. The molecule has 1 aromatic carbocycles. The van der Waals surface area contributed by atoms with Crippen molar-refractivity contribution in [1.29, 1.82) is 0 Å². The minimum Gasteiger partial charge on any atom is -0.393 e. The SMILES string of the molecule is CNC(=O)CCC/C=C\C[C@H]1[C@@H](O)CC[C@@H]1/C=C/[C@@H](O)CCc1ccccc1. The molecule has 1 amide bonds. The standard InChI is InChI=1S/C24H35NO3/c1-25-24(28)12-8-3-2-7-11-22-20(15-18-23(22)27)14-17-21(26)16-13-19-9-5-4-6-10-19/h2,4-7,9-10,14,17,20-23,26-27H,3,8,11-13,15-16,18H2,1H3,(H,25,28)/b7-2-,17-14+/t20-,21-,22+,23-/m0/s1. The number of allylic oxidation sites excluding steroid dienone is 3. The number of aryl methyl sites for hydroxylation is 1. The summed E-state index contributed by atoms with van der Waals surface area (Å²) in [5.74, 6) is 0.611. The number of hydrogen-bond acceptors (Lipinski definition) is 3. The highest BCUT2D eigenvalue weighted by Gasteiger charge is 2.32. The molecular weight excluding hydrogens is 350 g/mol. The van der Waals surface area contributed by atoms with Gasteiger partial charge in [0.2, 0.25) is 5.91 Å². The number of nitrogens with one attached hydrogen (secondary N) is 1. The summed E-state index contributed by atoms with van der Waals surface area (Å²) in [5.41, 5.74) is 1.24. The normalized spacial score (nSPS) is 23.5. The predicted octanol–water partition coefficient (Wildman–Crippen LogP) is 3.79. The number of aliphatic hydroxyl groups excluding tert-OH is 2. The van der Waals surface area contributed by atoms with Crippen LogP contribution in [0.4, 0.5) is 0 Å². The molecule has 154 valence electrons. The van der Waals surface area contributed by atoms with E-state index in [1.807, 2.05) is 24.3 Å². The van der Waals surface area contributed by atoms with E-state index in [0.29, 0.717) is 18.8 Å². The number of carbonyl (C=O) groups is 1. The molecule has 4 atom stereocenters. The number of aliphatic hydroxyl groups is 2. The van der Waals surface area contributed by atoms with Crippen LogP contribution in [0.25, 0.3) is 0 Å². The van der Waals surface area contributed by atoms with Gasteiger partial charge in [-0.25, -0.2) is 0 Å². The van der Waals surface area contributed by atoms with E-state index < -0.39 is 6.10 Å². The first-order chi connectivity index (χ1) is 13.6. The van der Waals surface area contributed by atoms with Gasteiger partial charge in [-0.2, -0.15) is 0 Å². The van der Waals surface area contributed by atoms with Crippen molar-refractivity contribution in [2.24, 2.45) is 11.8 Å². The zero-order chi connectivity index (χ0) is 20.2. The van der Waals surface area contributed by atoms with E-state index in [9.17, 15) is 15.0 Å². The van der Waals surface area contributed by atoms with Crippen LogP contribution in [-0.4, -0.2) is 35.4 Å². The van der Waals surface area contributed by atoms with Gasteiger partial charge in [0.1, 0.15) is 0 Å². The molecule has 1 aliphatic rings. The number of carbonyl (C=O) groups excluding carboxylic acids is 1. The molecule has 28 heavy (non-hydrogen) atoms. The van der Waals surface area contributed by atoms with Gasteiger partial charge in [0, 0.05) is 13.5 Å². The first kappa shape index (κ1) is 22.4. The van der Waals surface area contributed by atoms with Gasteiger partial charge in [0.15, 0.2) is 0 Å². The van der Waals surface area contributed by atoms with Crippen LogP contribution in [0.15, 0.2) is 54.6 Å². The maximum absolute atomic E-state index is 11.2. The second-order valence-electron chi connectivity index (χ2n) is 7.72. The minimum absolute atomic E-state index is 0.0793. The molecule has 0 unspecified atom stereocenters. The summed E-state index contributed by atoms with van der Waals surface area (Å²) in [6, 6.07) is 10.2. The zero-order valence-corrected chi connectivity index (χ0v) is 17.0. The van der Waals surface area contributed by atoms with Crippen LogP contribution < -0.4 is 5.32 Å². The van der Waals surface area contributed by atoms with Crippen molar-refractivity contribution < 1.29 is 15.0 Å². The molecule has 1 saturated carbocycles. The molecule has 3 N–H and O–H groups in total. The molecular formula is C24H35NO3. The lowest BCUT2D eigenvalue weighted by molar-refractivity contribution is -0.120. The molecule has 0 saturated heterocycles. The van der Waals surface area contributed by atoms with Gasteiger partial charge in [0.25, 0.3) is 0 Å². The summed E-state index contributed by atoms with van der Waals surface area (Å²) in [4.78, 5) is 11.2. The Labute approximate surface area is 169 Å². The largest absolute Gasteiger partial charge is 0.393 e. The fourth-order valence-corrected chi connectivity index (χ4v) is 3.85. The molecule has 0 aliphatic heterocycles. The molecule has 0 radical (unpaired) electrons. The molecule has 1 aliphatic carbocycles. The molecule has 2 rings (SSSR count). The van der Waals surface area contributed by atoms with Gasteiger partial charge in [0.05, 0.1) is 12.2 Å². The lowest BCUT2D eigenvalue weighted by Gasteiger charge is -2.18. The fraction of sp³-hybridized carbons (Fsp3) is 0.542. The lowest BCUT2D eigenvalue weighted by atomic mass is 9.90. The highest BCUT2D eigenvalue weighted by molar-refractivity contribution is 5.75. The third-order valence-electron chi connectivity index (χ3n) is 5.62. The molecule has 4 nitrogen and oxygen atoms in total. The van der Waals surface area contributed by atoms with Gasteiger partial charge in [-0.3, -0.25) is 4.79 Å². The Morgan fingerprint density at radius 2 is 2.04 bits per heavy atom. The Bertz CT molecular complexity index is 626. The number of amides is 1. The van der Waals surface area contributed by atoms with E-state index >= 15 is 0 Å². The third kappa shape index (κ3) is 7.99. The maximum atomic E-state index is 11.2. The topological polar surface area (TPSA) is 69.6 Å².